The maximum Gasteiger partial charge on any atom is 0.323 e. The lowest BCUT2D eigenvalue weighted by Crippen LogP contribution is -2.43. The average molecular weight is 451 g/mol. The fraction of sp³-hybridized carbons (Fsp3) is 0.400. The van der Waals surface area contributed by atoms with E-state index in [1.807, 2.05) is 11.0 Å². The second kappa shape index (κ2) is 7.42. The minimum absolute atomic E-state index is 0.121. The van der Waals surface area contributed by atoms with Crippen LogP contribution in [0.1, 0.15) is 17.3 Å². The van der Waals surface area contributed by atoms with Crippen LogP contribution in [0.15, 0.2) is 45.7 Å². The fourth-order valence-electron chi connectivity index (χ4n) is 4.69. The zero-order valence-corrected chi connectivity index (χ0v) is 16.8. The Kier molecular flexibility index (Phi) is 5.11. The van der Waals surface area contributed by atoms with Gasteiger partial charge in [-0.05, 0) is 45.8 Å². The van der Waals surface area contributed by atoms with E-state index >= 15 is 0 Å². The van der Waals surface area contributed by atoms with Gasteiger partial charge in [0.15, 0.2) is 0 Å². The molecule has 1 aromatic heterocycles. The largest absolute Gasteiger partial charge is 0.468 e. The van der Waals surface area contributed by atoms with Crippen molar-refractivity contribution in [3.63, 3.8) is 0 Å². The van der Waals surface area contributed by atoms with Gasteiger partial charge in [0.25, 0.3) is 5.56 Å². The summed E-state index contributed by atoms with van der Waals surface area (Å²) < 4.78 is 20.9. The van der Waals surface area contributed by atoms with Crippen molar-refractivity contribution in [1.82, 2.24) is 9.47 Å². The molecule has 2 aromatic rings. The summed E-state index contributed by atoms with van der Waals surface area (Å²) in [6.45, 7) is 0.514. The van der Waals surface area contributed by atoms with E-state index in [-0.39, 0.29) is 35.9 Å². The number of aromatic nitrogens is 1. The number of nitrogens with zero attached hydrogens (tertiary/aromatic N) is 2. The molecule has 1 saturated heterocycles. The second-order valence-electron chi connectivity index (χ2n) is 7.25. The molecule has 4 atom stereocenters. The minimum atomic E-state index is -0.666. The smallest absolute Gasteiger partial charge is 0.323 e. The van der Waals surface area contributed by atoms with Gasteiger partial charge >= 0.3 is 5.97 Å². The monoisotopic (exact) mass is 450 g/mol. The van der Waals surface area contributed by atoms with Crippen LogP contribution in [0.4, 0.5) is 4.39 Å². The van der Waals surface area contributed by atoms with Gasteiger partial charge < -0.3 is 14.4 Å². The van der Waals surface area contributed by atoms with Crippen molar-refractivity contribution in [2.45, 2.75) is 25.2 Å². The van der Waals surface area contributed by atoms with Crippen LogP contribution in [0.3, 0.4) is 0 Å². The Morgan fingerprint density at radius 3 is 2.82 bits per heavy atom. The predicted molar refractivity (Wildman–Crippen MR) is 103 cm³/mol. The first-order chi connectivity index (χ1) is 13.5. The van der Waals surface area contributed by atoms with E-state index in [9.17, 15) is 19.1 Å². The number of rotatable bonds is 4. The lowest BCUT2D eigenvalue weighted by Gasteiger charge is -2.29. The molecule has 1 aromatic carbocycles. The topological polar surface area (TPSA) is 71.8 Å². The number of carbonyl (C=O) groups excluding carboxylic acids is 1. The third-order valence-corrected chi connectivity index (χ3v) is 6.44. The van der Waals surface area contributed by atoms with Crippen LogP contribution < -0.4 is 5.56 Å². The molecule has 1 N–H and O–H groups in total. The van der Waals surface area contributed by atoms with E-state index in [4.69, 9.17) is 4.74 Å². The Labute approximate surface area is 169 Å². The van der Waals surface area contributed by atoms with Crippen molar-refractivity contribution in [2.24, 2.45) is 11.8 Å². The third-order valence-electron chi connectivity index (χ3n) is 5.84. The molecule has 2 aliphatic rings. The first-order valence-electron chi connectivity index (χ1n) is 9.04. The molecule has 0 saturated carbocycles. The standard InChI is InChI=1S/C20H20BrFN2O4/c1-28-20(27)18-14(10-25)13-9-23-16(6-5-15(21)19(23)26)17(13)24(18)8-11-3-2-4-12(22)7-11/h2-7,13-14,17-18,25H,8-10H2,1H3/t13-,14-,17+,18-/m0/s1. The van der Waals surface area contributed by atoms with Crippen molar-refractivity contribution < 1.29 is 19.0 Å². The predicted octanol–water partition coefficient (Wildman–Crippen LogP) is 2.09. The van der Waals surface area contributed by atoms with Gasteiger partial charge in [0, 0.05) is 37.2 Å². The number of hydrogen-bond donors (Lipinski definition) is 1. The summed E-state index contributed by atoms with van der Waals surface area (Å²) >= 11 is 3.27. The molecule has 4 rings (SSSR count). The van der Waals surface area contributed by atoms with Crippen molar-refractivity contribution >= 4 is 21.9 Å². The molecule has 0 amide bonds. The first kappa shape index (κ1) is 19.3. The number of aliphatic hydroxyl groups is 1. The number of carbonyl (C=O) groups is 1. The van der Waals surface area contributed by atoms with Crippen LogP contribution in [-0.4, -0.2) is 40.3 Å². The van der Waals surface area contributed by atoms with Gasteiger partial charge in [0.05, 0.1) is 17.6 Å². The van der Waals surface area contributed by atoms with Crippen LogP contribution in [-0.2, 0) is 22.6 Å². The van der Waals surface area contributed by atoms with Gasteiger partial charge in [-0.3, -0.25) is 14.5 Å². The molecule has 0 spiro atoms. The highest BCUT2D eigenvalue weighted by molar-refractivity contribution is 9.10. The quantitative estimate of drug-likeness (QED) is 0.722. The summed E-state index contributed by atoms with van der Waals surface area (Å²) in [5.74, 6) is -1.29. The molecule has 0 bridgehead atoms. The number of benzene rings is 1. The van der Waals surface area contributed by atoms with Crippen LogP contribution in [0.5, 0.6) is 0 Å². The molecule has 1 fully saturated rings. The maximum absolute atomic E-state index is 13.7. The third kappa shape index (κ3) is 3.00. The highest BCUT2D eigenvalue weighted by atomic mass is 79.9. The van der Waals surface area contributed by atoms with Crippen LogP contribution >= 0.6 is 15.9 Å². The summed E-state index contributed by atoms with van der Waals surface area (Å²) in [5.41, 5.74) is 1.37. The zero-order chi connectivity index (χ0) is 20.0. The van der Waals surface area contributed by atoms with Crippen molar-refractivity contribution in [3.8, 4) is 0 Å². The van der Waals surface area contributed by atoms with Crippen molar-refractivity contribution in [1.29, 1.82) is 0 Å². The number of hydrogen-bond acceptors (Lipinski definition) is 5. The second-order valence-corrected chi connectivity index (χ2v) is 8.10. The summed E-state index contributed by atoms with van der Waals surface area (Å²) in [6, 6.07) is 8.87. The van der Waals surface area contributed by atoms with E-state index in [1.165, 1.54) is 19.2 Å². The Balaban J connectivity index is 1.81. The van der Waals surface area contributed by atoms with Gasteiger partial charge in [-0.15, -0.1) is 0 Å². The summed E-state index contributed by atoms with van der Waals surface area (Å²) in [5, 5.41) is 10.1. The molecule has 0 radical (unpaired) electrons. The summed E-state index contributed by atoms with van der Waals surface area (Å²) in [4.78, 5) is 27.1. The molecular weight excluding hydrogens is 431 g/mol. The Hall–Kier alpha value is -2.03. The fourth-order valence-corrected chi connectivity index (χ4v) is 5.04. The molecule has 8 heteroatoms. The lowest BCUT2D eigenvalue weighted by molar-refractivity contribution is -0.148. The Bertz CT molecular complexity index is 979. The van der Waals surface area contributed by atoms with Gasteiger partial charge in [-0.1, -0.05) is 12.1 Å². The minimum Gasteiger partial charge on any atom is -0.468 e. The molecule has 2 aliphatic heterocycles. The SMILES string of the molecule is COC(=O)[C@@H]1[C@@H](CO)[C@@H]2Cn3c(ccc(Br)c3=O)[C@@H]2N1Cc1cccc(F)c1. The Morgan fingerprint density at radius 1 is 1.36 bits per heavy atom. The average Bonchev–Trinajstić information content (AvgIpc) is 3.19. The number of ether oxygens (including phenoxy) is 1. The number of likely N-dealkylation sites (tertiary alicyclic amines) is 1. The first-order valence-corrected chi connectivity index (χ1v) is 9.83. The van der Waals surface area contributed by atoms with Crippen LogP contribution in [0.25, 0.3) is 0 Å². The van der Waals surface area contributed by atoms with Crippen molar-refractivity contribution in [3.05, 3.63) is 68.3 Å². The highest BCUT2D eigenvalue weighted by Gasteiger charge is 2.56. The summed E-state index contributed by atoms with van der Waals surface area (Å²) in [6.07, 6.45) is 0. The zero-order valence-electron chi connectivity index (χ0n) is 15.2. The number of aliphatic hydroxyl groups excluding tert-OH is 1. The number of pyridine rings is 1. The normalized spacial score (nSPS) is 26.1. The molecule has 0 unspecified atom stereocenters. The Morgan fingerprint density at radius 2 is 2.14 bits per heavy atom. The number of halogens is 2. The molecular formula is C20H20BrFN2O4. The van der Waals surface area contributed by atoms with Crippen LogP contribution in [0, 0.1) is 17.7 Å². The van der Waals surface area contributed by atoms with E-state index < -0.39 is 12.0 Å². The molecule has 28 heavy (non-hydrogen) atoms. The van der Waals surface area contributed by atoms with E-state index in [2.05, 4.69) is 15.9 Å². The summed E-state index contributed by atoms with van der Waals surface area (Å²) in [7, 11) is 1.32. The number of esters is 1. The number of methoxy groups -OCH3 is 1. The van der Waals surface area contributed by atoms with E-state index in [0.29, 0.717) is 23.1 Å². The number of fused-ring (bicyclic) bond motifs is 3. The molecule has 0 aliphatic carbocycles. The highest BCUT2D eigenvalue weighted by Crippen LogP contribution is 2.50. The maximum atomic E-state index is 13.7. The van der Waals surface area contributed by atoms with Gasteiger partial charge in [0.2, 0.25) is 0 Å². The molecule has 3 heterocycles. The lowest BCUT2D eigenvalue weighted by atomic mass is 9.88. The molecule has 148 valence electrons. The van der Waals surface area contributed by atoms with E-state index in [1.54, 1.807) is 22.8 Å². The van der Waals surface area contributed by atoms with Crippen molar-refractivity contribution in [2.75, 3.05) is 13.7 Å². The molecule has 6 nitrogen and oxygen atoms in total. The van der Waals surface area contributed by atoms with Gasteiger partial charge in [0.1, 0.15) is 11.9 Å². The van der Waals surface area contributed by atoms with Crippen LogP contribution in [0.2, 0.25) is 0 Å². The van der Waals surface area contributed by atoms with Gasteiger partial charge in [-0.25, -0.2) is 4.39 Å². The van der Waals surface area contributed by atoms with Gasteiger partial charge in [-0.2, -0.15) is 0 Å². The van der Waals surface area contributed by atoms with E-state index in [0.717, 1.165) is 5.69 Å².